The summed E-state index contributed by atoms with van der Waals surface area (Å²) in [6, 6.07) is 4.74. The molecular formula is C11H11ClN4O. The quantitative estimate of drug-likeness (QED) is 0.723. The second-order valence-corrected chi connectivity index (χ2v) is 4.00. The molecule has 6 heteroatoms. The van der Waals surface area contributed by atoms with Crippen molar-refractivity contribution in [3.63, 3.8) is 0 Å². The molecule has 0 aliphatic carbocycles. The number of rotatable bonds is 3. The zero-order chi connectivity index (χ0) is 12.3. The topological polar surface area (TPSA) is 83.8 Å². The molecule has 0 aliphatic heterocycles. The molecule has 2 aromatic rings. The van der Waals surface area contributed by atoms with Crippen molar-refractivity contribution < 1.29 is 4.79 Å². The van der Waals surface area contributed by atoms with Crippen molar-refractivity contribution in [2.45, 2.75) is 6.54 Å². The molecule has 0 radical (unpaired) electrons. The second-order valence-electron chi connectivity index (χ2n) is 3.56. The van der Waals surface area contributed by atoms with Crippen molar-refractivity contribution in [3.8, 4) is 0 Å². The summed E-state index contributed by atoms with van der Waals surface area (Å²) >= 11 is 5.82. The molecule has 1 heterocycles. The fraction of sp³-hybridized carbons (Fsp3) is 0.0909. The number of nitrogens with two attached hydrogens (primary N) is 1. The van der Waals surface area contributed by atoms with E-state index in [1.54, 1.807) is 30.6 Å². The fourth-order valence-electron chi connectivity index (χ4n) is 1.40. The third-order valence-corrected chi connectivity index (χ3v) is 2.41. The molecule has 1 aromatic carbocycles. The van der Waals surface area contributed by atoms with Crippen molar-refractivity contribution in [1.29, 1.82) is 0 Å². The number of anilines is 1. The van der Waals surface area contributed by atoms with E-state index in [9.17, 15) is 4.79 Å². The first-order chi connectivity index (χ1) is 8.15. The molecule has 5 nitrogen and oxygen atoms in total. The van der Waals surface area contributed by atoms with Gasteiger partial charge in [-0.15, -0.1) is 0 Å². The zero-order valence-corrected chi connectivity index (χ0v) is 9.66. The number of halogens is 1. The van der Waals surface area contributed by atoms with E-state index in [2.05, 4.69) is 15.5 Å². The maximum Gasteiger partial charge on any atom is 0.251 e. The van der Waals surface area contributed by atoms with Crippen LogP contribution in [0.1, 0.15) is 15.9 Å². The predicted octanol–water partition coefficient (Wildman–Crippen LogP) is 1.58. The molecule has 88 valence electrons. The molecule has 0 unspecified atom stereocenters. The lowest BCUT2D eigenvalue weighted by Gasteiger charge is -2.05. The minimum Gasteiger partial charge on any atom is -0.399 e. The van der Waals surface area contributed by atoms with Gasteiger partial charge in [0.1, 0.15) is 0 Å². The van der Waals surface area contributed by atoms with E-state index in [0.29, 0.717) is 22.8 Å². The van der Waals surface area contributed by atoms with E-state index in [-0.39, 0.29) is 5.91 Å². The molecule has 17 heavy (non-hydrogen) atoms. The Balaban J connectivity index is 2.04. The van der Waals surface area contributed by atoms with Gasteiger partial charge in [0, 0.05) is 34.6 Å². The summed E-state index contributed by atoms with van der Waals surface area (Å²) in [5, 5.41) is 9.64. The third kappa shape index (κ3) is 2.98. The van der Waals surface area contributed by atoms with Crippen LogP contribution in [0, 0.1) is 0 Å². The number of hydrogen-bond donors (Lipinski definition) is 3. The van der Waals surface area contributed by atoms with Crippen LogP contribution < -0.4 is 11.1 Å². The minimum atomic E-state index is -0.222. The molecule has 0 bridgehead atoms. The number of carbonyl (C=O) groups is 1. The first-order valence-electron chi connectivity index (χ1n) is 4.97. The van der Waals surface area contributed by atoms with Crippen molar-refractivity contribution in [3.05, 3.63) is 46.7 Å². The summed E-state index contributed by atoms with van der Waals surface area (Å²) in [5.74, 6) is -0.222. The van der Waals surface area contributed by atoms with E-state index < -0.39 is 0 Å². The minimum absolute atomic E-state index is 0.222. The van der Waals surface area contributed by atoms with Gasteiger partial charge in [-0.05, 0) is 18.2 Å². The number of carbonyl (C=O) groups excluding carboxylic acids is 1. The Morgan fingerprint density at radius 1 is 1.47 bits per heavy atom. The summed E-state index contributed by atoms with van der Waals surface area (Å²) in [6.07, 6.45) is 3.36. The lowest BCUT2D eigenvalue weighted by Crippen LogP contribution is -2.22. The summed E-state index contributed by atoms with van der Waals surface area (Å²) in [5.41, 5.74) is 7.41. The first kappa shape index (κ1) is 11.5. The molecule has 1 amide bonds. The van der Waals surface area contributed by atoms with Crippen LogP contribution in [0.2, 0.25) is 5.02 Å². The summed E-state index contributed by atoms with van der Waals surface area (Å²) in [4.78, 5) is 11.8. The molecule has 0 atom stereocenters. The van der Waals surface area contributed by atoms with Crippen LogP contribution in [0.15, 0.2) is 30.6 Å². The van der Waals surface area contributed by atoms with E-state index >= 15 is 0 Å². The summed E-state index contributed by atoms with van der Waals surface area (Å²) < 4.78 is 0. The molecule has 2 rings (SSSR count). The summed E-state index contributed by atoms with van der Waals surface area (Å²) in [6.45, 7) is 0.405. The number of nitrogens with one attached hydrogen (secondary N) is 2. The number of aromatic nitrogens is 2. The van der Waals surface area contributed by atoms with Gasteiger partial charge in [0.25, 0.3) is 5.91 Å². The maximum absolute atomic E-state index is 11.8. The van der Waals surface area contributed by atoms with E-state index in [0.717, 1.165) is 5.56 Å². The molecule has 0 fully saturated rings. The van der Waals surface area contributed by atoms with Crippen molar-refractivity contribution >= 4 is 23.2 Å². The Morgan fingerprint density at radius 2 is 2.29 bits per heavy atom. The molecule has 0 saturated heterocycles. The number of nitrogens with zero attached hydrogens (tertiary/aromatic N) is 1. The number of amides is 1. The lowest BCUT2D eigenvalue weighted by atomic mass is 10.2. The van der Waals surface area contributed by atoms with Crippen LogP contribution in [0.25, 0.3) is 0 Å². The molecule has 0 aliphatic rings. The Labute approximate surface area is 103 Å². The average molecular weight is 251 g/mol. The molecule has 0 saturated carbocycles. The normalized spacial score (nSPS) is 10.2. The highest BCUT2D eigenvalue weighted by molar-refractivity contribution is 6.31. The largest absolute Gasteiger partial charge is 0.399 e. The Bertz CT molecular complexity index is 504. The standard InChI is InChI=1S/C11H11ClN4O/c12-9-1-8(2-10(13)3-9)11(17)14-4-7-5-15-16-6-7/h1-3,5-6H,4,13H2,(H,14,17)(H,15,16). The Hall–Kier alpha value is -2.01. The highest BCUT2D eigenvalue weighted by atomic mass is 35.5. The van der Waals surface area contributed by atoms with Gasteiger partial charge in [-0.2, -0.15) is 5.10 Å². The average Bonchev–Trinajstić information content (AvgIpc) is 2.77. The van der Waals surface area contributed by atoms with Gasteiger partial charge >= 0.3 is 0 Å². The van der Waals surface area contributed by atoms with Crippen LogP contribution in [-0.2, 0) is 6.54 Å². The van der Waals surface area contributed by atoms with Crippen LogP contribution in [0.5, 0.6) is 0 Å². The van der Waals surface area contributed by atoms with Gasteiger partial charge in [0.15, 0.2) is 0 Å². The Kier molecular flexibility index (Phi) is 3.30. The number of benzene rings is 1. The number of H-pyrrole nitrogens is 1. The van der Waals surface area contributed by atoms with Gasteiger partial charge in [-0.3, -0.25) is 9.89 Å². The number of nitrogen functional groups attached to an aromatic ring is 1. The highest BCUT2D eigenvalue weighted by Crippen LogP contribution is 2.16. The van der Waals surface area contributed by atoms with Crippen molar-refractivity contribution in [2.75, 3.05) is 5.73 Å². The smallest absolute Gasteiger partial charge is 0.251 e. The number of hydrogen-bond acceptors (Lipinski definition) is 3. The maximum atomic E-state index is 11.8. The highest BCUT2D eigenvalue weighted by Gasteiger charge is 2.07. The van der Waals surface area contributed by atoms with Gasteiger partial charge in [0.05, 0.1) is 6.20 Å². The third-order valence-electron chi connectivity index (χ3n) is 2.19. The van der Waals surface area contributed by atoms with Gasteiger partial charge in [-0.25, -0.2) is 0 Å². The monoisotopic (exact) mass is 250 g/mol. The van der Waals surface area contributed by atoms with E-state index in [1.165, 1.54) is 0 Å². The van der Waals surface area contributed by atoms with Crippen LogP contribution in [0.3, 0.4) is 0 Å². The van der Waals surface area contributed by atoms with Crippen LogP contribution in [0.4, 0.5) is 5.69 Å². The zero-order valence-electron chi connectivity index (χ0n) is 8.90. The van der Waals surface area contributed by atoms with Crippen LogP contribution in [-0.4, -0.2) is 16.1 Å². The van der Waals surface area contributed by atoms with Crippen molar-refractivity contribution in [1.82, 2.24) is 15.5 Å². The second kappa shape index (κ2) is 4.88. The SMILES string of the molecule is Nc1cc(Cl)cc(C(=O)NCc2cn[nH]c2)c1. The van der Waals surface area contributed by atoms with E-state index in [4.69, 9.17) is 17.3 Å². The molecule has 4 N–H and O–H groups in total. The van der Waals surface area contributed by atoms with Crippen molar-refractivity contribution in [2.24, 2.45) is 0 Å². The molecule has 1 aromatic heterocycles. The molecular weight excluding hydrogens is 240 g/mol. The Morgan fingerprint density at radius 3 is 2.94 bits per heavy atom. The van der Waals surface area contributed by atoms with Gasteiger partial charge in [0.2, 0.25) is 0 Å². The summed E-state index contributed by atoms with van der Waals surface area (Å²) in [7, 11) is 0. The number of aromatic amines is 1. The fourth-order valence-corrected chi connectivity index (χ4v) is 1.65. The van der Waals surface area contributed by atoms with Crippen LogP contribution >= 0.6 is 11.6 Å². The first-order valence-corrected chi connectivity index (χ1v) is 5.35. The van der Waals surface area contributed by atoms with Gasteiger partial charge < -0.3 is 11.1 Å². The van der Waals surface area contributed by atoms with E-state index in [1.807, 2.05) is 0 Å². The molecule has 0 spiro atoms. The lowest BCUT2D eigenvalue weighted by molar-refractivity contribution is 0.0951. The predicted molar refractivity (Wildman–Crippen MR) is 65.6 cm³/mol. The van der Waals surface area contributed by atoms with Gasteiger partial charge in [-0.1, -0.05) is 11.6 Å².